The van der Waals surface area contributed by atoms with Crippen LogP contribution in [-0.2, 0) is 0 Å². The number of furan rings is 1. The Morgan fingerprint density at radius 3 is 1.98 bits per heavy atom. The van der Waals surface area contributed by atoms with Gasteiger partial charge in [-0.1, -0.05) is 133 Å². The van der Waals surface area contributed by atoms with Crippen LogP contribution in [0, 0.1) is 0 Å². The van der Waals surface area contributed by atoms with Crippen molar-refractivity contribution in [3.8, 4) is 11.1 Å². The third-order valence-electron chi connectivity index (χ3n) is 8.32. The fourth-order valence-corrected chi connectivity index (χ4v) is 6.14. The van der Waals surface area contributed by atoms with Crippen molar-refractivity contribution >= 4 is 43.7 Å². The summed E-state index contributed by atoms with van der Waals surface area (Å²) in [7, 11) is 0. The van der Waals surface area contributed by atoms with E-state index < -0.39 is 6.17 Å². The minimum atomic E-state index is -0.499. The second-order valence-electron chi connectivity index (χ2n) is 10.9. The Morgan fingerprint density at radius 2 is 1.19 bits per heavy atom. The highest BCUT2D eigenvalue weighted by Crippen LogP contribution is 2.36. The molecular weight excluding hydrogens is 528 g/mol. The van der Waals surface area contributed by atoms with Gasteiger partial charge in [0.25, 0.3) is 0 Å². The van der Waals surface area contributed by atoms with Crippen molar-refractivity contribution in [2.45, 2.75) is 12.3 Å². The van der Waals surface area contributed by atoms with Crippen LogP contribution in [-0.4, -0.2) is 4.68 Å². The third kappa shape index (κ3) is 4.57. The molecule has 4 N–H and O–H groups in total. The van der Waals surface area contributed by atoms with E-state index in [0.29, 0.717) is 0 Å². The first-order valence-electron chi connectivity index (χ1n) is 14.6. The van der Waals surface area contributed by atoms with Gasteiger partial charge in [0.1, 0.15) is 22.2 Å². The molecule has 0 aliphatic carbocycles. The van der Waals surface area contributed by atoms with E-state index in [4.69, 9.17) is 15.5 Å². The predicted octanol–water partition coefficient (Wildman–Crippen LogP) is 8.42. The van der Waals surface area contributed by atoms with Gasteiger partial charge in [-0.2, -0.15) is 4.68 Å². The standard InChI is InChI=1S/C38H29N4O/c39-37(27-21-19-26(20-22-27)25-11-3-1-4-12-25)40-38(28-13-5-2-6-14-28)41-42-33-17-9-7-15-29(33)31-23-32-30-16-8-10-18-35(30)43-36(32)24-34(31)42/h1-24,37-38,41H,39H2/q-1/p+1. The van der Waals surface area contributed by atoms with Gasteiger partial charge in [0.15, 0.2) is 0 Å². The van der Waals surface area contributed by atoms with Crippen LogP contribution in [0.5, 0.6) is 0 Å². The number of fused-ring (bicyclic) bond motifs is 6. The summed E-state index contributed by atoms with van der Waals surface area (Å²) < 4.78 is 8.55. The molecule has 8 aromatic rings. The van der Waals surface area contributed by atoms with Gasteiger partial charge in [-0.3, -0.25) is 0 Å². The number of quaternary nitrogens is 1. The molecule has 0 radical (unpaired) electrons. The average molecular weight is 559 g/mol. The Bertz CT molecular complexity index is 2200. The molecule has 5 nitrogen and oxygen atoms in total. The van der Waals surface area contributed by atoms with Gasteiger partial charge in [-0.05, 0) is 34.9 Å². The Balaban J connectivity index is 1.20. The zero-order chi connectivity index (χ0) is 28.8. The minimum absolute atomic E-state index is 0.282. The Kier molecular flexibility index (Phi) is 6.27. The topological polar surface area (TPSA) is 74.8 Å². The van der Waals surface area contributed by atoms with E-state index in [1.54, 1.807) is 0 Å². The molecule has 2 atom stereocenters. The second kappa shape index (κ2) is 10.6. The summed E-state index contributed by atoms with van der Waals surface area (Å²) in [5.74, 6) is 0. The predicted molar refractivity (Wildman–Crippen MR) is 175 cm³/mol. The number of nitrogens with two attached hydrogens (primary N) is 2. The van der Waals surface area contributed by atoms with Crippen molar-refractivity contribution in [3.63, 3.8) is 0 Å². The van der Waals surface area contributed by atoms with Crippen LogP contribution in [0.1, 0.15) is 23.5 Å². The van der Waals surface area contributed by atoms with Crippen LogP contribution in [0.3, 0.4) is 0 Å². The van der Waals surface area contributed by atoms with Crippen molar-refractivity contribution < 1.29 is 9.84 Å². The Hall–Kier alpha value is -5.20. The molecule has 0 aliphatic rings. The quantitative estimate of drug-likeness (QED) is 0.193. The molecule has 0 bridgehead atoms. The van der Waals surface area contributed by atoms with E-state index in [0.717, 1.165) is 49.7 Å². The number of aromatic nitrogens is 1. The number of rotatable bonds is 7. The highest BCUT2D eigenvalue weighted by molar-refractivity contribution is 6.16. The largest absolute Gasteiger partial charge is 0.585 e. The fraction of sp³-hybridized carbons (Fsp3) is 0.0526. The van der Waals surface area contributed by atoms with Gasteiger partial charge in [0.2, 0.25) is 0 Å². The maximum atomic E-state index is 6.78. The van der Waals surface area contributed by atoms with Gasteiger partial charge in [-0.25, -0.2) is 5.43 Å². The highest BCUT2D eigenvalue weighted by Gasteiger charge is 2.19. The summed E-state index contributed by atoms with van der Waals surface area (Å²) in [5, 5.41) is 9.80. The molecule has 0 spiro atoms. The number of nitrogens with zero attached hydrogens (tertiary/aromatic N) is 2. The minimum Gasteiger partial charge on any atom is -0.585 e. The summed E-state index contributed by atoms with van der Waals surface area (Å²) >= 11 is 0. The smallest absolute Gasteiger partial charge is 0.137 e. The number of benzene rings is 6. The first-order valence-corrected chi connectivity index (χ1v) is 14.6. The van der Waals surface area contributed by atoms with E-state index in [2.05, 4.69) is 131 Å². The van der Waals surface area contributed by atoms with Crippen LogP contribution < -0.4 is 11.2 Å². The maximum absolute atomic E-state index is 6.78. The summed E-state index contributed by atoms with van der Waals surface area (Å²) in [5.41, 5.74) is 17.3. The summed E-state index contributed by atoms with van der Waals surface area (Å²) in [6.07, 6.45) is -0.781. The molecule has 2 heterocycles. The van der Waals surface area contributed by atoms with Gasteiger partial charge in [0.05, 0.1) is 6.17 Å². The zero-order valence-electron chi connectivity index (χ0n) is 23.5. The van der Waals surface area contributed by atoms with Gasteiger partial charge in [0, 0.05) is 27.6 Å². The maximum Gasteiger partial charge on any atom is 0.137 e. The second-order valence-corrected chi connectivity index (χ2v) is 10.9. The molecule has 0 fully saturated rings. The highest BCUT2D eigenvalue weighted by atomic mass is 16.3. The normalized spacial score (nSPS) is 13.2. The molecule has 0 saturated carbocycles. The van der Waals surface area contributed by atoms with E-state index in [1.165, 1.54) is 16.3 Å². The van der Waals surface area contributed by atoms with E-state index in [1.807, 2.05) is 24.3 Å². The van der Waals surface area contributed by atoms with Crippen LogP contribution in [0.4, 0.5) is 0 Å². The van der Waals surface area contributed by atoms with Crippen LogP contribution >= 0.6 is 0 Å². The van der Waals surface area contributed by atoms with E-state index >= 15 is 0 Å². The summed E-state index contributed by atoms with van der Waals surface area (Å²) in [6, 6.07) is 50.3. The lowest BCUT2D eigenvalue weighted by atomic mass is 10.0. The zero-order valence-corrected chi connectivity index (χ0v) is 23.5. The van der Waals surface area contributed by atoms with Gasteiger partial charge >= 0.3 is 0 Å². The molecule has 5 heteroatoms. The van der Waals surface area contributed by atoms with Gasteiger partial charge in [-0.15, -0.1) is 0 Å². The molecule has 208 valence electrons. The molecule has 6 aromatic carbocycles. The molecule has 2 unspecified atom stereocenters. The number of hydrogen-bond acceptors (Lipinski definition) is 2. The summed E-state index contributed by atoms with van der Waals surface area (Å²) in [4.78, 5) is 0. The summed E-state index contributed by atoms with van der Waals surface area (Å²) in [6.45, 7) is 0. The van der Waals surface area contributed by atoms with Crippen molar-refractivity contribution in [3.05, 3.63) is 162 Å². The fourth-order valence-electron chi connectivity index (χ4n) is 6.14. The van der Waals surface area contributed by atoms with Crippen LogP contribution in [0.25, 0.3) is 60.2 Å². The molecule has 8 rings (SSSR count). The molecule has 0 aliphatic heterocycles. The molecule has 43 heavy (non-hydrogen) atoms. The first-order chi connectivity index (χ1) is 21.2. The number of hydrogen-bond donors (Lipinski definition) is 2. The monoisotopic (exact) mass is 558 g/mol. The SMILES string of the molecule is NC([N-]C([NH2+]n1c2ccccc2c2cc3c(cc21)oc1ccccc13)c1ccccc1)c1ccc(-c2ccccc2)cc1. The van der Waals surface area contributed by atoms with Crippen molar-refractivity contribution in [2.75, 3.05) is 0 Å². The Labute approximate surface area is 249 Å². The van der Waals surface area contributed by atoms with E-state index in [9.17, 15) is 0 Å². The molecule has 0 amide bonds. The lowest BCUT2D eigenvalue weighted by Crippen LogP contribution is -2.88. The lowest BCUT2D eigenvalue weighted by molar-refractivity contribution is -0.734. The number of para-hydroxylation sites is 2. The van der Waals surface area contributed by atoms with Crippen molar-refractivity contribution in [1.29, 1.82) is 0 Å². The first kappa shape index (κ1) is 25.5. The van der Waals surface area contributed by atoms with E-state index in [-0.39, 0.29) is 6.17 Å². The third-order valence-corrected chi connectivity index (χ3v) is 8.32. The Morgan fingerprint density at radius 1 is 0.535 bits per heavy atom. The molecule has 2 aromatic heterocycles. The molecular formula is C38H30N4O. The average Bonchev–Trinajstić information content (AvgIpc) is 3.59. The van der Waals surface area contributed by atoms with Crippen LogP contribution in [0.15, 0.2) is 150 Å². The lowest BCUT2D eigenvalue weighted by Gasteiger charge is -2.35. The van der Waals surface area contributed by atoms with Crippen molar-refractivity contribution in [2.24, 2.45) is 5.73 Å². The van der Waals surface area contributed by atoms with Gasteiger partial charge < -0.3 is 15.5 Å². The molecule has 0 saturated heterocycles. The van der Waals surface area contributed by atoms with Crippen LogP contribution in [0.2, 0.25) is 0 Å². The van der Waals surface area contributed by atoms with Crippen molar-refractivity contribution in [1.82, 2.24) is 4.68 Å².